The smallest absolute Gasteiger partial charge is 0.266 e. The number of rotatable bonds is 7. The molecule has 33 heavy (non-hydrogen) atoms. The summed E-state index contributed by atoms with van der Waals surface area (Å²) in [7, 11) is 0. The molecule has 0 saturated carbocycles. The van der Waals surface area contributed by atoms with Crippen LogP contribution in [0.15, 0.2) is 53.3 Å². The van der Waals surface area contributed by atoms with Crippen LogP contribution in [0.25, 0.3) is 17.0 Å². The average molecular weight is 466 g/mol. The van der Waals surface area contributed by atoms with Crippen LogP contribution in [0.3, 0.4) is 0 Å². The third-order valence-electron chi connectivity index (χ3n) is 5.37. The lowest BCUT2D eigenvalue weighted by Gasteiger charge is -2.19. The molecule has 7 nitrogen and oxygen atoms in total. The Labute approximate surface area is 197 Å². The number of anilines is 1. The lowest BCUT2D eigenvalue weighted by atomic mass is 9.87. The molecule has 0 aliphatic carbocycles. The Hall–Kier alpha value is -3.32. The van der Waals surface area contributed by atoms with Crippen LogP contribution < -0.4 is 15.6 Å². The number of ether oxygens (including phenoxy) is 1. The fraction of sp³-hybridized carbons (Fsp3) is 0.320. The Kier molecular flexibility index (Phi) is 6.42. The summed E-state index contributed by atoms with van der Waals surface area (Å²) < 4.78 is 7.38. The van der Waals surface area contributed by atoms with Crippen molar-refractivity contribution in [2.75, 3.05) is 18.5 Å². The van der Waals surface area contributed by atoms with E-state index in [1.165, 1.54) is 11.6 Å². The summed E-state index contributed by atoms with van der Waals surface area (Å²) in [6.07, 6.45) is 0.744. The summed E-state index contributed by atoms with van der Waals surface area (Å²) in [5.74, 6) is 1.88. The van der Waals surface area contributed by atoms with Crippen LogP contribution in [0.4, 0.5) is 5.95 Å². The van der Waals surface area contributed by atoms with Gasteiger partial charge < -0.3 is 10.1 Å². The van der Waals surface area contributed by atoms with Crippen LogP contribution in [0.1, 0.15) is 38.3 Å². The van der Waals surface area contributed by atoms with Gasteiger partial charge in [0, 0.05) is 23.2 Å². The molecule has 4 rings (SSSR count). The van der Waals surface area contributed by atoms with E-state index in [1.54, 1.807) is 4.52 Å². The van der Waals surface area contributed by atoms with Gasteiger partial charge in [-0.3, -0.25) is 9.89 Å². The lowest BCUT2D eigenvalue weighted by molar-refractivity contribution is 0.314. The van der Waals surface area contributed by atoms with Crippen molar-refractivity contribution in [2.45, 2.75) is 39.5 Å². The van der Waals surface area contributed by atoms with Gasteiger partial charge in [-0.15, -0.1) is 0 Å². The highest BCUT2D eigenvalue weighted by atomic mass is 35.5. The molecular weight excluding hydrogens is 438 g/mol. The minimum absolute atomic E-state index is 0.0663. The summed E-state index contributed by atoms with van der Waals surface area (Å²) in [5.41, 5.74) is 3.46. The highest BCUT2D eigenvalue weighted by molar-refractivity contribution is 6.31. The van der Waals surface area contributed by atoms with Crippen LogP contribution in [0.2, 0.25) is 5.02 Å². The number of aromatic amines is 1. The van der Waals surface area contributed by atoms with Crippen LogP contribution in [-0.2, 0) is 5.41 Å². The maximum absolute atomic E-state index is 11.9. The molecule has 0 fully saturated rings. The Morgan fingerprint density at radius 3 is 2.55 bits per heavy atom. The van der Waals surface area contributed by atoms with E-state index in [-0.39, 0.29) is 11.0 Å². The predicted octanol–water partition coefficient (Wildman–Crippen LogP) is 5.22. The SMILES string of the molecule is Cc1cc(OCCCNc2nc(-c3ccc(C(C)(C)C)cc3)nc3cc(=O)[nH]n23)ccc1Cl. The van der Waals surface area contributed by atoms with Gasteiger partial charge in [-0.05, 0) is 48.1 Å². The highest BCUT2D eigenvalue weighted by Crippen LogP contribution is 2.25. The number of nitrogens with zero attached hydrogens (tertiary/aromatic N) is 3. The van der Waals surface area contributed by atoms with Crippen molar-refractivity contribution in [3.05, 3.63) is 75.0 Å². The molecule has 2 aromatic heterocycles. The zero-order valence-electron chi connectivity index (χ0n) is 19.3. The van der Waals surface area contributed by atoms with Gasteiger partial charge in [0.2, 0.25) is 5.95 Å². The van der Waals surface area contributed by atoms with Gasteiger partial charge in [-0.2, -0.15) is 4.98 Å². The molecule has 0 aliphatic rings. The van der Waals surface area contributed by atoms with Gasteiger partial charge >= 0.3 is 0 Å². The van der Waals surface area contributed by atoms with Crippen LogP contribution in [-0.4, -0.2) is 32.7 Å². The molecule has 8 heteroatoms. The van der Waals surface area contributed by atoms with Crippen molar-refractivity contribution < 1.29 is 4.74 Å². The Bertz CT molecular complexity index is 1320. The van der Waals surface area contributed by atoms with Gasteiger partial charge in [0.25, 0.3) is 5.56 Å². The third-order valence-corrected chi connectivity index (χ3v) is 5.79. The highest BCUT2D eigenvalue weighted by Gasteiger charge is 2.15. The van der Waals surface area contributed by atoms with Crippen molar-refractivity contribution in [3.63, 3.8) is 0 Å². The lowest BCUT2D eigenvalue weighted by Crippen LogP contribution is -2.14. The molecule has 0 spiro atoms. The van der Waals surface area contributed by atoms with Crippen molar-refractivity contribution >= 4 is 23.2 Å². The predicted molar refractivity (Wildman–Crippen MR) is 133 cm³/mol. The molecule has 0 amide bonds. The van der Waals surface area contributed by atoms with Gasteiger partial charge in [0.1, 0.15) is 5.75 Å². The van der Waals surface area contributed by atoms with Gasteiger partial charge in [0.05, 0.1) is 6.61 Å². The first-order chi connectivity index (χ1) is 15.7. The summed E-state index contributed by atoms with van der Waals surface area (Å²) in [6.45, 7) is 9.63. The fourth-order valence-corrected chi connectivity index (χ4v) is 3.56. The standard InChI is InChI=1S/C25H28ClN5O2/c1-16-14-19(10-11-20(16)26)33-13-5-12-27-24-29-23(28-21-15-22(32)30-31(21)24)17-6-8-18(9-7-17)25(2,3)4/h6-11,14-15H,5,12-13H2,1-4H3,(H,30,32)(H,27,28,29). The van der Waals surface area contributed by atoms with E-state index in [4.69, 9.17) is 16.3 Å². The maximum atomic E-state index is 11.9. The molecule has 0 aliphatic heterocycles. The molecule has 0 radical (unpaired) electrons. The van der Waals surface area contributed by atoms with Crippen molar-refractivity contribution in [1.82, 2.24) is 19.6 Å². The molecule has 0 unspecified atom stereocenters. The first-order valence-corrected chi connectivity index (χ1v) is 11.3. The van der Waals surface area contributed by atoms with Crippen molar-refractivity contribution in [1.29, 1.82) is 0 Å². The molecule has 172 valence electrons. The third kappa shape index (κ3) is 5.37. The van der Waals surface area contributed by atoms with E-state index in [1.807, 2.05) is 37.3 Å². The molecule has 0 atom stereocenters. The number of benzene rings is 2. The number of fused-ring (bicyclic) bond motifs is 1. The Morgan fingerprint density at radius 1 is 1.09 bits per heavy atom. The van der Waals surface area contributed by atoms with Crippen LogP contribution in [0.5, 0.6) is 5.75 Å². The van der Waals surface area contributed by atoms with E-state index in [0.717, 1.165) is 28.3 Å². The monoisotopic (exact) mass is 465 g/mol. The summed E-state index contributed by atoms with van der Waals surface area (Å²) in [6, 6.07) is 15.3. The quantitative estimate of drug-likeness (QED) is 0.365. The largest absolute Gasteiger partial charge is 0.494 e. The first-order valence-electron chi connectivity index (χ1n) is 10.9. The summed E-state index contributed by atoms with van der Waals surface area (Å²) in [4.78, 5) is 21.2. The average Bonchev–Trinajstić information content (AvgIpc) is 3.15. The number of halogens is 1. The second-order valence-corrected chi connectivity index (χ2v) is 9.46. The maximum Gasteiger partial charge on any atom is 0.266 e. The van der Waals surface area contributed by atoms with E-state index < -0.39 is 0 Å². The molecule has 2 N–H and O–H groups in total. The second-order valence-electron chi connectivity index (χ2n) is 9.05. The van der Waals surface area contributed by atoms with Gasteiger partial charge in [-0.1, -0.05) is 56.6 Å². The number of nitrogens with one attached hydrogen (secondary N) is 2. The van der Waals surface area contributed by atoms with Gasteiger partial charge in [0.15, 0.2) is 11.5 Å². The van der Waals surface area contributed by atoms with E-state index >= 15 is 0 Å². The van der Waals surface area contributed by atoms with Crippen LogP contribution >= 0.6 is 11.6 Å². The number of aromatic nitrogens is 4. The minimum atomic E-state index is -0.228. The van der Waals surface area contributed by atoms with E-state index in [2.05, 4.69) is 53.3 Å². The molecule has 2 heterocycles. The molecular formula is C25H28ClN5O2. The molecule has 0 saturated heterocycles. The normalized spacial score (nSPS) is 11.7. The number of hydrogen-bond donors (Lipinski definition) is 2. The molecule has 4 aromatic rings. The van der Waals surface area contributed by atoms with E-state index in [0.29, 0.717) is 30.6 Å². The topological polar surface area (TPSA) is 84.3 Å². The van der Waals surface area contributed by atoms with Crippen molar-refractivity contribution in [2.24, 2.45) is 0 Å². The summed E-state index contributed by atoms with van der Waals surface area (Å²) in [5, 5.41) is 6.76. The number of hydrogen-bond acceptors (Lipinski definition) is 5. The zero-order valence-corrected chi connectivity index (χ0v) is 20.0. The van der Waals surface area contributed by atoms with Crippen molar-refractivity contribution in [3.8, 4) is 17.1 Å². The number of aryl methyl sites for hydroxylation is 1. The first kappa shape index (κ1) is 22.9. The molecule has 2 aromatic carbocycles. The fourth-order valence-electron chi connectivity index (χ4n) is 3.45. The molecule has 0 bridgehead atoms. The second kappa shape index (κ2) is 9.27. The minimum Gasteiger partial charge on any atom is -0.494 e. The number of H-pyrrole nitrogens is 1. The Morgan fingerprint density at radius 2 is 1.85 bits per heavy atom. The van der Waals surface area contributed by atoms with Gasteiger partial charge in [-0.25, -0.2) is 9.50 Å². The Balaban J connectivity index is 1.47. The van der Waals surface area contributed by atoms with E-state index in [9.17, 15) is 4.79 Å². The zero-order chi connectivity index (χ0) is 23.6. The van der Waals surface area contributed by atoms with Crippen LogP contribution in [0, 0.1) is 6.92 Å². The summed E-state index contributed by atoms with van der Waals surface area (Å²) >= 11 is 6.06.